The molecule has 17 heavy (non-hydrogen) atoms. The Balaban J connectivity index is 3.30. The maximum Gasteiger partial charge on any atom is 0.573 e. The molecule has 1 aromatic rings. The quantitative estimate of drug-likeness (QED) is 0.833. The molecular formula is C9H11F3N2O3. The van der Waals surface area contributed by atoms with Gasteiger partial charge in [-0.05, 0) is 0 Å². The zero-order valence-corrected chi connectivity index (χ0v) is 8.91. The summed E-state index contributed by atoms with van der Waals surface area (Å²) >= 11 is 0. The molecule has 0 radical (unpaired) electrons. The fourth-order valence-electron chi connectivity index (χ4n) is 1.25. The number of hydrogen-bond donors (Lipinski definition) is 2. The molecule has 3 N–H and O–H groups in total. The lowest BCUT2D eigenvalue weighted by Gasteiger charge is -2.17. The Morgan fingerprint density at radius 1 is 1.41 bits per heavy atom. The van der Waals surface area contributed by atoms with Crippen molar-refractivity contribution in [1.82, 2.24) is 4.98 Å². The second-order valence-corrected chi connectivity index (χ2v) is 3.00. The molecule has 1 aromatic heterocycles. The highest BCUT2D eigenvalue weighted by molar-refractivity contribution is 5.48. The number of nitrogens with zero attached hydrogens (tertiary/aromatic N) is 1. The first-order valence-electron chi connectivity index (χ1n) is 4.54. The number of ether oxygens (including phenoxy) is 2. The van der Waals surface area contributed by atoms with Crippen molar-refractivity contribution in [1.29, 1.82) is 0 Å². The summed E-state index contributed by atoms with van der Waals surface area (Å²) < 4.78 is 45.2. The molecule has 0 aliphatic rings. The van der Waals surface area contributed by atoms with E-state index in [9.17, 15) is 13.2 Å². The van der Waals surface area contributed by atoms with Crippen LogP contribution in [-0.2, 0) is 13.2 Å². The average Bonchev–Trinajstić information content (AvgIpc) is 2.26. The predicted molar refractivity (Wildman–Crippen MR) is 51.3 cm³/mol. The van der Waals surface area contributed by atoms with Gasteiger partial charge in [0.05, 0.1) is 13.7 Å². The first kappa shape index (κ1) is 13.5. The van der Waals surface area contributed by atoms with E-state index in [-0.39, 0.29) is 23.6 Å². The van der Waals surface area contributed by atoms with Crippen LogP contribution in [0.25, 0.3) is 0 Å². The van der Waals surface area contributed by atoms with Crippen LogP contribution >= 0.6 is 0 Å². The minimum atomic E-state index is -4.87. The third kappa shape index (κ3) is 3.21. The Kier molecular flexibility index (Phi) is 4.13. The van der Waals surface area contributed by atoms with Crippen LogP contribution in [0.2, 0.25) is 0 Å². The maximum absolute atomic E-state index is 12.2. The number of pyridine rings is 1. The molecule has 5 nitrogen and oxygen atoms in total. The van der Waals surface area contributed by atoms with Crippen LogP contribution in [0.4, 0.5) is 13.2 Å². The van der Waals surface area contributed by atoms with Crippen LogP contribution in [0.1, 0.15) is 11.3 Å². The van der Waals surface area contributed by atoms with Crippen molar-refractivity contribution in [3.8, 4) is 11.5 Å². The van der Waals surface area contributed by atoms with E-state index >= 15 is 0 Å². The van der Waals surface area contributed by atoms with Gasteiger partial charge in [0.25, 0.3) is 0 Å². The third-order valence-electron chi connectivity index (χ3n) is 1.93. The zero-order valence-electron chi connectivity index (χ0n) is 8.91. The van der Waals surface area contributed by atoms with Crippen molar-refractivity contribution in [3.05, 3.63) is 17.5 Å². The van der Waals surface area contributed by atoms with Crippen LogP contribution in [0, 0.1) is 0 Å². The van der Waals surface area contributed by atoms with E-state index in [4.69, 9.17) is 15.6 Å². The summed E-state index contributed by atoms with van der Waals surface area (Å²) in [5.74, 6) is -0.839. The lowest BCUT2D eigenvalue weighted by molar-refractivity contribution is -0.275. The summed E-state index contributed by atoms with van der Waals surface area (Å²) in [4.78, 5) is 3.73. The van der Waals surface area contributed by atoms with Crippen LogP contribution in [-0.4, -0.2) is 23.6 Å². The number of rotatable bonds is 4. The summed E-state index contributed by atoms with van der Waals surface area (Å²) in [6.45, 7) is -0.761. The molecule has 0 amide bonds. The molecule has 8 heteroatoms. The molecule has 0 fully saturated rings. The summed E-state index contributed by atoms with van der Waals surface area (Å²) in [6, 6.07) is 0. The van der Waals surface area contributed by atoms with Crippen molar-refractivity contribution < 1.29 is 27.8 Å². The lowest BCUT2D eigenvalue weighted by atomic mass is 10.2. The van der Waals surface area contributed by atoms with E-state index < -0.39 is 18.7 Å². The van der Waals surface area contributed by atoms with Gasteiger partial charge in [-0.25, -0.2) is 0 Å². The molecule has 0 aliphatic carbocycles. The smallest absolute Gasteiger partial charge is 0.491 e. The molecule has 0 aromatic carbocycles. The fraction of sp³-hybridized carbons (Fsp3) is 0.444. The van der Waals surface area contributed by atoms with Crippen LogP contribution < -0.4 is 15.2 Å². The van der Waals surface area contributed by atoms with Crippen LogP contribution in [0.5, 0.6) is 11.5 Å². The molecule has 0 aliphatic heterocycles. The summed E-state index contributed by atoms with van der Waals surface area (Å²) in [7, 11) is 1.15. The highest BCUT2D eigenvalue weighted by Crippen LogP contribution is 2.37. The minimum Gasteiger partial charge on any atom is -0.491 e. The van der Waals surface area contributed by atoms with Crippen molar-refractivity contribution in [2.24, 2.45) is 5.73 Å². The van der Waals surface area contributed by atoms with Gasteiger partial charge in [-0.1, -0.05) is 0 Å². The number of halogens is 3. The number of nitrogens with two attached hydrogens (primary N) is 1. The molecule has 0 bridgehead atoms. The Labute approximate surface area is 95.0 Å². The van der Waals surface area contributed by atoms with E-state index in [1.807, 2.05) is 0 Å². The second kappa shape index (κ2) is 5.19. The molecule has 0 unspecified atom stereocenters. The molecule has 96 valence electrons. The van der Waals surface area contributed by atoms with Gasteiger partial charge in [-0.15, -0.1) is 13.2 Å². The second-order valence-electron chi connectivity index (χ2n) is 3.00. The first-order chi connectivity index (χ1) is 7.92. The van der Waals surface area contributed by atoms with Gasteiger partial charge in [-0.2, -0.15) is 0 Å². The van der Waals surface area contributed by atoms with Gasteiger partial charge in [-0.3, -0.25) is 4.98 Å². The number of methoxy groups -OCH3 is 1. The standard InChI is InChI=1S/C9H11F3N2O3/c1-16-8-6(4-15)14-3-5(2-13)7(8)17-9(10,11)12/h3,15H,2,4,13H2,1H3. The molecule has 0 spiro atoms. The predicted octanol–water partition coefficient (Wildman–Crippen LogP) is 0.940. The Morgan fingerprint density at radius 2 is 2.06 bits per heavy atom. The highest BCUT2D eigenvalue weighted by atomic mass is 19.4. The van der Waals surface area contributed by atoms with Crippen molar-refractivity contribution in [2.45, 2.75) is 19.5 Å². The summed E-state index contributed by atoms with van der Waals surface area (Å²) in [5, 5.41) is 8.93. The normalized spacial score (nSPS) is 11.4. The van der Waals surface area contributed by atoms with Gasteiger partial charge < -0.3 is 20.3 Å². The van der Waals surface area contributed by atoms with Crippen molar-refractivity contribution in [3.63, 3.8) is 0 Å². The van der Waals surface area contributed by atoms with E-state index in [0.717, 1.165) is 13.3 Å². The number of alkyl halides is 3. The third-order valence-corrected chi connectivity index (χ3v) is 1.93. The van der Waals surface area contributed by atoms with Crippen molar-refractivity contribution in [2.75, 3.05) is 7.11 Å². The van der Waals surface area contributed by atoms with Crippen LogP contribution in [0.15, 0.2) is 6.20 Å². The number of aromatic nitrogens is 1. The first-order valence-corrected chi connectivity index (χ1v) is 4.54. The number of aliphatic hydroxyl groups is 1. The molecule has 0 saturated heterocycles. The molecule has 1 heterocycles. The van der Waals surface area contributed by atoms with Gasteiger partial charge in [0.2, 0.25) is 0 Å². The average molecular weight is 252 g/mol. The monoisotopic (exact) mass is 252 g/mol. The highest BCUT2D eigenvalue weighted by Gasteiger charge is 2.34. The Bertz CT molecular complexity index is 396. The summed E-state index contributed by atoms with van der Waals surface area (Å²) in [5.41, 5.74) is 5.27. The van der Waals surface area contributed by atoms with E-state index in [2.05, 4.69) is 9.72 Å². The Hall–Kier alpha value is -1.54. The van der Waals surface area contributed by atoms with Gasteiger partial charge in [0.15, 0.2) is 11.5 Å². The van der Waals surface area contributed by atoms with Gasteiger partial charge in [0.1, 0.15) is 5.69 Å². The number of hydrogen-bond acceptors (Lipinski definition) is 5. The van der Waals surface area contributed by atoms with E-state index in [0.29, 0.717) is 0 Å². The Morgan fingerprint density at radius 3 is 2.47 bits per heavy atom. The molecule has 1 rings (SSSR count). The molecular weight excluding hydrogens is 241 g/mol. The van der Waals surface area contributed by atoms with Gasteiger partial charge in [0, 0.05) is 18.3 Å². The van der Waals surface area contributed by atoms with E-state index in [1.54, 1.807) is 0 Å². The topological polar surface area (TPSA) is 77.6 Å². The number of aliphatic hydroxyl groups excluding tert-OH is 1. The zero-order chi connectivity index (χ0) is 13.1. The van der Waals surface area contributed by atoms with E-state index in [1.165, 1.54) is 0 Å². The fourth-order valence-corrected chi connectivity index (χ4v) is 1.25. The summed E-state index contributed by atoms with van der Waals surface area (Å²) in [6.07, 6.45) is -3.76. The lowest BCUT2D eigenvalue weighted by Crippen LogP contribution is -2.20. The van der Waals surface area contributed by atoms with Crippen molar-refractivity contribution >= 4 is 0 Å². The molecule has 0 saturated carbocycles. The maximum atomic E-state index is 12.2. The molecule has 0 atom stereocenters. The van der Waals surface area contributed by atoms with Crippen LogP contribution in [0.3, 0.4) is 0 Å². The SMILES string of the molecule is COc1c(CO)ncc(CN)c1OC(F)(F)F. The van der Waals surface area contributed by atoms with Gasteiger partial charge >= 0.3 is 6.36 Å². The largest absolute Gasteiger partial charge is 0.573 e. The minimum absolute atomic E-state index is 0.0383.